The lowest BCUT2D eigenvalue weighted by Crippen LogP contribution is -2.46. The highest BCUT2D eigenvalue weighted by Crippen LogP contribution is 2.32. The molecule has 8 nitrogen and oxygen atoms in total. The third-order valence-electron chi connectivity index (χ3n) is 5.82. The zero-order valence-corrected chi connectivity index (χ0v) is 16.5. The number of hydrogen-bond acceptors (Lipinski definition) is 6. The highest BCUT2D eigenvalue weighted by Gasteiger charge is 2.34. The number of rotatable bonds is 5. The molecule has 1 aromatic heterocycles. The van der Waals surface area contributed by atoms with Gasteiger partial charge in [0, 0.05) is 38.3 Å². The molecular formula is C20H28N6O2. The van der Waals surface area contributed by atoms with Crippen LogP contribution in [0.4, 0.5) is 0 Å². The molecule has 1 aliphatic heterocycles. The maximum atomic E-state index is 13.2. The van der Waals surface area contributed by atoms with Crippen LogP contribution in [0.5, 0.6) is 5.75 Å². The Morgan fingerprint density at radius 2 is 2.11 bits per heavy atom. The lowest BCUT2D eigenvalue weighted by Gasteiger charge is -2.34. The van der Waals surface area contributed by atoms with Gasteiger partial charge >= 0.3 is 0 Å². The van der Waals surface area contributed by atoms with Crippen molar-refractivity contribution in [2.75, 3.05) is 26.2 Å². The Hall–Kier alpha value is -2.48. The van der Waals surface area contributed by atoms with Crippen LogP contribution in [0.25, 0.3) is 5.69 Å². The summed E-state index contributed by atoms with van der Waals surface area (Å²) >= 11 is 0. The fourth-order valence-corrected chi connectivity index (χ4v) is 4.03. The molecule has 1 amide bonds. The largest absolute Gasteiger partial charge is 0.507 e. The zero-order valence-electron chi connectivity index (χ0n) is 16.5. The van der Waals surface area contributed by atoms with Gasteiger partial charge in [0.15, 0.2) is 0 Å². The summed E-state index contributed by atoms with van der Waals surface area (Å²) in [5.74, 6) is 1.16. The molecule has 0 radical (unpaired) electrons. The van der Waals surface area contributed by atoms with E-state index in [0.29, 0.717) is 29.8 Å². The molecule has 1 aromatic carbocycles. The highest BCUT2D eigenvalue weighted by molar-refractivity contribution is 5.97. The van der Waals surface area contributed by atoms with Crippen molar-refractivity contribution in [3.05, 3.63) is 30.1 Å². The third-order valence-corrected chi connectivity index (χ3v) is 5.82. The van der Waals surface area contributed by atoms with Crippen molar-refractivity contribution >= 4 is 5.91 Å². The van der Waals surface area contributed by atoms with E-state index in [1.54, 1.807) is 12.1 Å². The van der Waals surface area contributed by atoms with Gasteiger partial charge in [-0.25, -0.2) is 4.68 Å². The van der Waals surface area contributed by atoms with Gasteiger partial charge in [-0.3, -0.25) is 9.69 Å². The average molecular weight is 384 g/mol. The number of phenolic OH excluding ortho intramolecular Hbond substituents is 1. The Bertz CT molecular complexity index is 818. The molecule has 0 spiro atoms. The molecule has 1 saturated heterocycles. The van der Waals surface area contributed by atoms with Crippen molar-refractivity contribution in [3.63, 3.8) is 0 Å². The molecule has 1 aliphatic carbocycles. The summed E-state index contributed by atoms with van der Waals surface area (Å²) in [6, 6.07) is 5.29. The predicted molar refractivity (Wildman–Crippen MR) is 104 cm³/mol. The minimum absolute atomic E-state index is 0.0434. The molecule has 2 aliphatic rings. The van der Waals surface area contributed by atoms with Crippen molar-refractivity contribution in [2.24, 2.45) is 11.8 Å². The standard InChI is InChI=1S/C20H28N6O2/c1-14(2)18-12-25(9-3-8-24(18)11-15-4-5-15)20(28)17-7-6-16(10-19(17)27)26-13-21-22-23-26/h6-7,10,13-15,18,27H,3-5,8-9,11-12H2,1-2H3. The van der Waals surface area contributed by atoms with Crippen LogP contribution < -0.4 is 0 Å². The topological polar surface area (TPSA) is 87.4 Å². The van der Waals surface area contributed by atoms with E-state index >= 15 is 0 Å². The lowest BCUT2D eigenvalue weighted by atomic mass is 10.0. The maximum Gasteiger partial charge on any atom is 0.257 e. The van der Waals surface area contributed by atoms with Crippen molar-refractivity contribution in [1.82, 2.24) is 30.0 Å². The van der Waals surface area contributed by atoms with E-state index < -0.39 is 0 Å². The fraction of sp³-hybridized carbons (Fsp3) is 0.600. The molecule has 1 N–H and O–H groups in total. The number of aromatic nitrogens is 4. The van der Waals surface area contributed by atoms with Crippen LogP contribution >= 0.6 is 0 Å². The second kappa shape index (κ2) is 7.87. The molecule has 4 rings (SSSR count). The zero-order chi connectivity index (χ0) is 19.7. The Labute approximate surface area is 165 Å². The number of carbonyl (C=O) groups excluding carboxylic acids is 1. The number of tetrazole rings is 1. The van der Waals surface area contributed by atoms with Crippen molar-refractivity contribution in [3.8, 4) is 11.4 Å². The Morgan fingerprint density at radius 1 is 1.29 bits per heavy atom. The Morgan fingerprint density at radius 3 is 2.75 bits per heavy atom. The van der Waals surface area contributed by atoms with E-state index in [-0.39, 0.29) is 11.7 Å². The van der Waals surface area contributed by atoms with Gasteiger partial charge in [0.2, 0.25) is 0 Å². The molecule has 2 aromatic rings. The van der Waals surface area contributed by atoms with Crippen LogP contribution in [-0.4, -0.2) is 73.2 Å². The van der Waals surface area contributed by atoms with Gasteiger partial charge in [-0.15, -0.1) is 5.10 Å². The lowest BCUT2D eigenvalue weighted by molar-refractivity contribution is 0.0701. The predicted octanol–water partition coefficient (Wildman–Crippen LogP) is 1.95. The average Bonchev–Trinajstić information content (AvgIpc) is 3.37. The van der Waals surface area contributed by atoms with Crippen molar-refractivity contribution in [1.29, 1.82) is 0 Å². The number of hydrogen-bond donors (Lipinski definition) is 1. The number of phenols is 1. The first-order valence-electron chi connectivity index (χ1n) is 10.1. The van der Waals surface area contributed by atoms with Gasteiger partial charge in [0.1, 0.15) is 12.1 Å². The van der Waals surface area contributed by atoms with Gasteiger partial charge in [-0.05, 0) is 53.7 Å². The smallest absolute Gasteiger partial charge is 0.257 e. The van der Waals surface area contributed by atoms with Crippen molar-refractivity contribution < 1.29 is 9.90 Å². The van der Waals surface area contributed by atoms with Gasteiger partial charge in [-0.2, -0.15) is 0 Å². The molecular weight excluding hydrogens is 356 g/mol. The normalized spacial score (nSPS) is 21.1. The summed E-state index contributed by atoms with van der Waals surface area (Å²) in [7, 11) is 0. The number of carbonyl (C=O) groups is 1. The summed E-state index contributed by atoms with van der Waals surface area (Å²) in [6.07, 6.45) is 5.09. The molecule has 28 heavy (non-hydrogen) atoms. The van der Waals surface area contributed by atoms with E-state index in [9.17, 15) is 9.90 Å². The van der Waals surface area contributed by atoms with E-state index in [2.05, 4.69) is 34.3 Å². The first-order chi connectivity index (χ1) is 13.5. The molecule has 1 saturated carbocycles. The summed E-state index contributed by atoms with van der Waals surface area (Å²) in [4.78, 5) is 17.7. The Kier molecular flexibility index (Phi) is 5.30. The number of amides is 1. The van der Waals surface area contributed by atoms with E-state index in [1.807, 2.05) is 4.90 Å². The molecule has 1 atom stereocenters. The van der Waals surface area contributed by atoms with Crippen LogP contribution in [0.15, 0.2) is 24.5 Å². The number of nitrogens with zero attached hydrogens (tertiary/aromatic N) is 6. The molecule has 1 unspecified atom stereocenters. The van der Waals surface area contributed by atoms with Gasteiger partial charge in [-0.1, -0.05) is 13.8 Å². The molecule has 2 heterocycles. The first kappa shape index (κ1) is 18.9. The second-order valence-corrected chi connectivity index (χ2v) is 8.31. The summed E-state index contributed by atoms with van der Waals surface area (Å²) < 4.78 is 1.45. The third kappa shape index (κ3) is 4.01. The Balaban J connectivity index is 1.52. The van der Waals surface area contributed by atoms with Crippen molar-refractivity contribution in [2.45, 2.75) is 39.2 Å². The summed E-state index contributed by atoms with van der Waals surface area (Å²) in [5.41, 5.74) is 0.945. The summed E-state index contributed by atoms with van der Waals surface area (Å²) in [5, 5.41) is 21.5. The van der Waals surface area contributed by atoms with Gasteiger partial charge < -0.3 is 10.0 Å². The molecule has 150 valence electrons. The SMILES string of the molecule is CC(C)C1CN(C(=O)c2ccc(-n3cnnn3)cc2O)CCCN1CC1CC1. The second-order valence-electron chi connectivity index (χ2n) is 8.31. The van der Waals surface area contributed by atoms with Crippen LogP contribution in [0.3, 0.4) is 0 Å². The molecule has 2 fully saturated rings. The minimum Gasteiger partial charge on any atom is -0.507 e. The van der Waals surface area contributed by atoms with Gasteiger partial charge in [0.05, 0.1) is 11.3 Å². The first-order valence-corrected chi connectivity index (χ1v) is 10.1. The van der Waals surface area contributed by atoms with Gasteiger partial charge in [0.25, 0.3) is 5.91 Å². The number of benzene rings is 1. The van der Waals surface area contributed by atoms with E-state index in [4.69, 9.17) is 0 Å². The molecule has 8 heteroatoms. The van der Waals surface area contributed by atoms with Crippen LogP contribution in [-0.2, 0) is 0 Å². The fourth-order valence-electron chi connectivity index (χ4n) is 4.03. The molecule has 0 bridgehead atoms. The summed E-state index contributed by atoms with van der Waals surface area (Å²) in [6.45, 7) is 8.08. The quantitative estimate of drug-likeness (QED) is 0.848. The monoisotopic (exact) mass is 384 g/mol. The number of aromatic hydroxyl groups is 1. The maximum absolute atomic E-state index is 13.2. The van der Waals surface area contributed by atoms with Crippen LogP contribution in [0.1, 0.15) is 43.5 Å². The highest BCUT2D eigenvalue weighted by atomic mass is 16.3. The minimum atomic E-state index is -0.111. The van der Waals surface area contributed by atoms with E-state index in [0.717, 1.165) is 32.0 Å². The van der Waals surface area contributed by atoms with Crippen LogP contribution in [0.2, 0.25) is 0 Å². The van der Waals surface area contributed by atoms with Crippen LogP contribution in [0, 0.1) is 11.8 Å². The van der Waals surface area contributed by atoms with E-state index in [1.165, 1.54) is 29.9 Å².